The molecule has 0 saturated heterocycles. The maximum atomic E-state index is 12.1. The summed E-state index contributed by atoms with van der Waals surface area (Å²) in [6.07, 6.45) is 6.29. The lowest BCUT2D eigenvalue weighted by atomic mass is 10.1. The van der Waals surface area contributed by atoms with Gasteiger partial charge in [0.05, 0.1) is 18.3 Å². The molecule has 0 spiro atoms. The van der Waals surface area contributed by atoms with Crippen LogP contribution in [0.5, 0.6) is 0 Å². The van der Waals surface area contributed by atoms with Crippen molar-refractivity contribution in [3.05, 3.63) is 18.0 Å². The summed E-state index contributed by atoms with van der Waals surface area (Å²) in [5.41, 5.74) is 0.982. The largest absolute Gasteiger partial charge is 0.393 e. The zero-order valence-corrected chi connectivity index (χ0v) is 12.4. The number of aryl methyl sites for hydroxylation is 1. The number of aliphatic hydroxyl groups excluding tert-OH is 1. The number of aliphatic hydroxyl groups is 1. The van der Waals surface area contributed by atoms with Crippen molar-refractivity contribution in [2.24, 2.45) is 13.0 Å². The van der Waals surface area contributed by atoms with E-state index in [1.54, 1.807) is 22.8 Å². The first-order valence-electron chi connectivity index (χ1n) is 7.15. The normalized spacial score (nSPS) is 23.6. The molecule has 3 unspecified atom stereocenters. The highest BCUT2D eigenvalue weighted by atomic mass is 16.3. The Hall–Kier alpha value is -1.56. The van der Waals surface area contributed by atoms with E-state index in [1.807, 2.05) is 20.2 Å². The van der Waals surface area contributed by atoms with Crippen LogP contribution in [0.15, 0.2) is 12.4 Å². The zero-order chi connectivity index (χ0) is 14.7. The molecule has 0 aliphatic heterocycles. The predicted molar refractivity (Wildman–Crippen MR) is 76.1 cm³/mol. The minimum Gasteiger partial charge on any atom is -0.393 e. The molecule has 2 N–H and O–H groups in total. The predicted octanol–water partition coefficient (Wildman–Crippen LogP) is 1.28. The van der Waals surface area contributed by atoms with Gasteiger partial charge in [0, 0.05) is 38.3 Å². The molecule has 1 fully saturated rings. The van der Waals surface area contributed by atoms with Crippen molar-refractivity contribution in [3.8, 4) is 0 Å². The van der Waals surface area contributed by atoms with Gasteiger partial charge in [0.25, 0.3) is 0 Å². The Labute approximate surface area is 119 Å². The summed E-state index contributed by atoms with van der Waals surface area (Å²) in [7, 11) is 3.63. The molecular formula is C14H24N4O2. The first-order valence-corrected chi connectivity index (χ1v) is 7.15. The molecule has 0 radical (unpaired) electrons. The lowest BCUT2D eigenvalue weighted by Gasteiger charge is -2.25. The van der Waals surface area contributed by atoms with Crippen LogP contribution in [0.3, 0.4) is 0 Å². The van der Waals surface area contributed by atoms with Crippen LogP contribution < -0.4 is 5.32 Å². The Balaban J connectivity index is 1.84. The van der Waals surface area contributed by atoms with E-state index in [0.717, 1.165) is 24.8 Å². The average molecular weight is 280 g/mol. The smallest absolute Gasteiger partial charge is 0.317 e. The fraction of sp³-hybridized carbons (Fsp3) is 0.714. The molecule has 1 heterocycles. The van der Waals surface area contributed by atoms with Crippen molar-refractivity contribution >= 4 is 6.03 Å². The third kappa shape index (κ3) is 3.50. The van der Waals surface area contributed by atoms with Gasteiger partial charge < -0.3 is 15.3 Å². The number of nitrogens with one attached hydrogen (secondary N) is 1. The average Bonchev–Trinajstić information content (AvgIpc) is 2.99. The Bertz CT molecular complexity index is 460. The summed E-state index contributed by atoms with van der Waals surface area (Å²) in [5, 5.41) is 16.9. The van der Waals surface area contributed by atoms with Crippen LogP contribution in [0.1, 0.15) is 37.8 Å². The summed E-state index contributed by atoms with van der Waals surface area (Å²) in [6.45, 7) is 2.54. The van der Waals surface area contributed by atoms with E-state index < -0.39 is 0 Å². The van der Waals surface area contributed by atoms with Crippen molar-refractivity contribution in [2.45, 2.75) is 38.3 Å². The lowest BCUT2D eigenvalue weighted by molar-refractivity contribution is 0.113. The van der Waals surface area contributed by atoms with E-state index in [0.29, 0.717) is 6.54 Å². The van der Waals surface area contributed by atoms with Gasteiger partial charge in [-0.1, -0.05) is 6.42 Å². The Morgan fingerprint density at radius 2 is 2.40 bits per heavy atom. The molecule has 1 saturated carbocycles. The third-order valence-corrected chi connectivity index (χ3v) is 4.04. The fourth-order valence-electron chi connectivity index (χ4n) is 2.71. The van der Waals surface area contributed by atoms with Gasteiger partial charge in [0.1, 0.15) is 0 Å². The van der Waals surface area contributed by atoms with E-state index in [-0.39, 0.29) is 24.1 Å². The molecule has 112 valence electrons. The van der Waals surface area contributed by atoms with Gasteiger partial charge in [0.2, 0.25) is 0 Å². The first kappa shape index (κ1) is 14.8. The molecule has 20 heavy (non-hydrogen) atoms. The maximum Gasteiger partial charge on any atom is 0.317 e. The van der Waals surface area contributed by atoms with E-state index in [9.17, 15) is 9.90 Å². The molecule has 2 rings (SSSR count). The maximum absolute atomic E-state index is 12.1. The van der Waals surface area contributed by atoms with E-state index in [4.69, 9.17) is 0 Å². The molecular weight excluding hydrogens is 256 g/mol. The molecule has 1 aromatic rings. The molecule has 6 heteroatoms. The Morgan fingerprint density at radius 3 is 2.95 bits per heavy atom. The molecule has 1 aromatic heterocycles. The van der Waals surface area contributed by atoms with E-state index in [1.165, 1.54) is 0 Å². The standard InChI is InChI=1S/C14H24N4O2/c1-10(12-7-15-18(3)9-12)16-14(20)17(2)8-11-5-4-6-13(11)19/h7,9-11,13,19H,4-6,8H2,1-3H3,(H,16,20). The minimum absolute atomic E-state index is 0.0767. The van der Waals surface area contributed by atoms with Crippen LogP contribution >= 0.6 is 0 Å². The number of carbonyl (C=O) groups excluding carboxylic acids is 1. The molecule has 1 aliphatic carbocycles. The number of aromatic nitrogens is 2. The summed E-state index contributed by atoms with van der Waals surface area (Å²) in [6, 6.07) is -0.187. The summed E-state index contributed by atoms with van der Waals surface area (Å²) >= 11 is 0. The van der Waals surface area contributed by atoms with Crippen LogP contribution in [-0.2, 0) is 7.05 Å². The first-order chi connectivity index (χ1) is 9.47. The lowest BCUT2D eigenvalue weighted by Crippen LogP contribution is -2.42. The van der Waals surface area contributed by atoms with E-state index >= 15 is 0 Å². The number of nitrogens with zero attached hydrogens (tertiary/aromatic N) is 3. The van der Waals surface area contributed by atoms with Crippen LogP contribution in [0.2, 0.25) is 0 Å². The second kappa shape index (κ2) is 6.26. The van der Waals surface area contributed by atoms with E-state index in [2.05, 4.69) is 10.4 Å². The monoisotopic (exact) mass is 280 g/mol. The van der Waals surface area contributed by atoms with Crippen LogP contribution in [0, 0.1) is 5.92 Å². The molecule has 1 aliphatic rings. The summed E-state index contributed by atoms with van der Waals surface area (Å²) in [5.74, 6) is 0.208. The van der Waals surface area contributed by atoms with Crippen LogP contribution in [-0.4, -0.2) is 45.5 Å². The Kier molecular flexibility index (Phi) is 4.65. The number of urea groups is 1. The highest BCUT2D eigenvalue weighted by Gasteiger charge is 2.27. The van der Waals surface area contributed by atoms with Crippen molar-refractivity contribution < 1.29 is 9.90 Å². The van der Waals surface area contributed by atoms with Crippen molar-refractivity contribution in [1.29, 1.82) is 0 Å². The van der Waals surface area contributed by atoms with Gasteiger partial charge >= 0.3 is 6.03 Å². The van der Waals surface area contributed by atoms with Crippen molar-refractivity contribution in [2.75, 3.05) is 13.6 Å². The van der Waals surface area contributed by atoms with Crippen molar-refractivity contribution in [1.82, 2.24) is 20.0 Å². The quantitative estimate of drug-likeness (QED) is 0.873. The van der Waals surface area contributed by atoms with Gasteiger partial charge in [-0.25, -0.2) is 4.79 Å². The molecule has 3 atom stereocenters. The zero-order valence-electron chi connectivity index (χ0n) is 12.4. The SMILES string of the molecule is CC(NC(=O)N(C)CC1CCCC1O)c1cnn(C)c1. The highest BCUT2D eigenvalue weighted by Crippen LogP contribution is 2.26. The Morgan fingerprint density at radius 1 is 1.65 bits per heavy atom. The summed E-state index contributed by atoms with van der Waals surface area (Å²) in [4.78, 5) is 13.8. The van der Waals surface area contributed by atoms with Gasteiger partial charge in [-0.3, -0.25) is 4.68 Å². The minimum atomic E-state index is -0.263. The van der Waals surface area contributed by atoms with Crippen molar-refractivity contribution in [3.63, 3.8) is 0 Å². The fourth-order valence-corrected chi connectivity index (χ4v) is 2.71. The number of carbonyl (C=O) groups is 1. The summed E-state index contributed by atoms with van der Waals surface area (Å²) < 4.78 is 1.72. The molecule has 2 amide bonds. The van der Waals surface area contributed by atoms with Crippen LogP contribution in [0.4, 0.5) is 4.79 Å². The van der Waals surface area contributed by atoms with Gasteiger partial charge in [-0.05, 0) is 19.8 Å². The van der Waals surface area contributed by atoms with Crippen LogP contribution in [0.25, 0.3) is 0 Å². The second-order valence-electron chi connectivity index (χ2n) is 5.76. The number of hydrogen-bond donors (Lipinski definition) is 2. The number of hydrogen-bond acceptors (Lipinski definition) is 3. The van der Waals surface area contributed by atoms with Gasteiger partial charge in [-0.2, -0.15) is 5.10 Å². The number of rotatable bonds is 4. The highest BCUT2D eigenvalue weighted by molar-refractivity contribution is 5.74. The molecule has 0 bridgehead atoms. The second-order valence-corrected chi connectivity index (χ2v) is 5.76. The topological polar surface area (TPSA) is 70.4 Å². The number of amides is 2. The molecule has 6 nitrogen and oxygen atoms in total. The van der Waals surface area contributed by atoms with Gasteiger partial charge in [-0.15, -0.1) is 0 Å². The third-order valence-electron chi connectivity index (χ3n) is 4.04. The molecule has 0 aromatic carbocycles. The van der Waals surface area contributed by atoms with Gasteiger partial charge in [0.15, 0.2) is 0 Å².